The van der Waals surface area contributed by atoms with Crippen molar-refractivity contribution in [1.29, 1.82) is 0 Å². The quantitative estimate of drug-likeness (QED) is 0.649. The third-order valence-electron chi connectivity index (χ3n) is 2.92. The van der Waals surface area contributed by atoms with Crippen LogP contribution in [0.4, 0.5) is 4.39 Å². The molecular weight excluding hydrogens is 165 g/mol. The summed E-state index contributed by atoms with van der Waals surface area (Å²) in [5.74, 6) is 0.383. The number of halogens is 2. The standard InChI is InChI=1S/C8H14FN.ClH/c9-8(5-10-6-8)7-3-1-2-4-7;/h7,10H,1-6H2;1H. The van der Waals surface area contributed by atoms with Crippen LogP contribution < -0.4 is 5.32 Å². The lowest BCUT2D eigenvalue weighted by atomic mass is 9.83. The second kappa shape index (κ2) is 3.28. The lowest BCUT2D eigenvalue weighted by molar-refractivity contribution is 0.0266. The average Bonchev–Trinajstić information content (AvgIpc) is 2.33. The fourth-order valence-electron chi connectivity index (χ4n) is 2.10. The highest BCUT2D eigenvalue weighted by molar-refractivity contribution is 5.85. The maximum atomic E-state index is 13.5. The fourth-order valence-corrected chi connectivity index (χ4v) is 2.10. The normalized spacial score (nSPS) is 29.2. The zero-order chi connectivity index (χ0) is 7.03. The second-order valence-electron chi connectivity index (χ2n) is 3.62. The number of nitrogens with one attached hydrogen (secondary N) is 1. The molecule has 1 saturated carbocycles. The van der Waals surface area contributed by atoms with Crippen LogP contribution in [0, 0.1) is 5.92 Å². The van der Waals surface area contributed by atoms with Gasteiger partial charge in [-0.3, -0.25) is 0 Å². The SMILES string of the molecule is Cl.FC1(C2CCCC2)CNC1. The third-order valence-corrected chi connectivity index (χ3v) is 2.92. The summed E-state index contributed by atoms with van der Waals surface area (Å²) in [4.78, 5) is 0. The molecule has 2 aliphatic rings. The van der Waals surface area contributed by atoms with Crippen LogP contribution >= 0.6 is 12.4 Å². The monoisotopic (exact) mass is 179 g/mol. The molecule has 66 valence electrons. The van der Waals surface area contributed by atoms with Crippen molar-refractivity contribution in [3.05, 3.63) is 0 Å². The summed E-state index contributed by atoms with van der Waals surface area (Å²) >= 11 is 0. The Morgan fingerprint density at radius 1 is 1.18 bits per heavy atom. The van der Waals surface area contributed by atoms with Crippen molar-refractivity contribution in [3.8, 4) is 0 Å². The van der Waals surface area contributed by atoms with E-state index in [4.69, 9.17) is 0 Å². The minimum absolute atomic E-state index is 0. The van der Waals surface area contributed by atoms with Crippen molar-refractivity contribution in [2.24, 2.45) is 5.92 Å². The predicted molar refractivity (Wildman–Crippen MR) is 45.9 cm³/mol. The van der Waals surface area contributed by atoms with Gasteiger partial charge in [-0.15, -0.1) is 12.4 Å². The summed E-state index contributed by atoms with van der Waals surface area (Å²) in [5.41, 5.74) is -0.809. The van der Waals surface area contributed by atoms with E-state index in [0.717, 1.165) is 12.8 Å². The van der Waals surface area contributed by atoms with Gasteiger partial charge < -0.3 is 5.32 Å². The first kappa shape index (κ1) is 9.27. The fraction of sp³-hybridized carbons (Fsp3) is 1.00. The molecule has 1 saturated heterocycles. The van der Waals surface area contributed by atoms with E-state index < -0.39 is 5.67 Å². The molecule has 0 radical (unpaired) electrons. The van der Waals surface area contributed by atoms with Crippen molar-refractivity contribution in [1.82, 2.24) is 5.32 Å². The Morgan fingerprint density at radius 2 is 1.73 bits per heavy atom. The molecule has 11 heavy (non-hydrogen) atoms. The van der Waals surface area contributed by atoms with Gasteiger partial charge in [0.2, 0.25) is 0 Å². The van der Waals surface area contributed by atoms with E-state index in [1.54, 1.807) is 0 Å². The number of rotatable bonds is 1. The summed E-state index contributed by atoms with van der Waals surface area (Å²) in [7, 11) is 0. The van der Waals surface area contributed by atoms with Crippen LogP contribution in [0.1, 0.15) is 25.7 Å². The molecule has 0 bridgehead atoms. The van der Waals surface area contributed by atoms with Gasteiger partial charge in [-0.1, -0.05) is 12.8 Å². The Bertz CT molecular complexity index is 130. The zero-order valence-corrected chi connectivity index (χ0v) is 7.42. The number of hydrogen-bond acceptors (Lipinski definition) is 1. The van der Waals surface area contributed by atoms with Gasteiger partial charge in [0, 0.05) is 13.1 Å². The van der Waals surface area contributed by atoms with Crippen LogP contribution in [0.5, 0.6) is 0 Å². The van der Waals surface area contributed by atoms with Gasteiger partial charge in [0.15, 0.2) is 0 Å². The lowest BCUT2D eigenvalue weighted by Crippen LogP contribution is -2.60. The molecule has 0 atom stereocenters. The van der Waals surface area contributed by atoms with Gasteiger partial charge in [-0.25, -0.2) is 4.39 Å². The molecular formula is C8H15ClFN. The van der Waals surface area contributed by atoms with Gasteiger partial charge in [0.1, 0.15) is 5.67 Å². The van der Waals surface area contributed by atoms with Gasteiger partial charge in [-0.2, -0.15) is 0 Å². The minimum atomic E-state index is -0.809. The van der Waals surface area contributed by atoms with E-state index in [-0.39, 0.29) is 12.4 Å². The van der Waals surface area contributed by atoms with Crippen molar-refractivity contribution in [2.75, 3.05) is 13.1 Å². The molecule has 2 rings (SSSR count). The van der Waals surface area contributed by atoms with Gasteiger partial charge in [0.05, 0.1) is 0 Å². The van der Waals surface area contributed by atoms with Crippen LogP contribution in [0.25, 0.3) is 0 Å². The Labute approximate surface area is 73.2 Å². The van der Waals surface area contributed by atoms with Crippen molar-refractivity contribution in [2.45, 2.75) is 31.4 Å². The lowest BCUT2D eigenvalue weighted by Gasteiger charge is -2.39. The molecule has 0 aromatic heterocycles. The van der Waals surface area contributed by atoms with Crippen LogP contribution in [0.15, 0.2) is 0 Å². The van der Waals surface area contributed by atoms with Crippen molar-refractivity contribution in [3.63, 3.8) is 0 Å². The van der Waals surface area contributed by atoms with Crippen LogP contribution in [0.2, 0.25) is 0 Å². The smallest absolute Gasteiger partial charge is 0.138 e. The largest absolute Gasteiger partial charge is 0.310 e. The minimum Gasteiger partial charge on any atom is -0.310 e. The van der Waals surface area contributed by atoms with Crippen LogP contribution in [-0.4, -0.2) is 18.8 Å². The molecule has 2 fully saturated rings. The van der Waals surface area contributed by atoms with E-state index in [1.807, 2.05) is 0 Å². The van der Waals surface area contributed by atoms with Crippen molar-refractivity contribution < 1.29 is 4.39 Å². The first-order chi connectivity index (χ1) is 4.81. The van der Waals surface area contributed by atoms with E-state index in [1.165, 1.54) is 12.8 Å². The van der Waals surface area contributed by atoms with E-state index in [0.29, 0.717) is 19.0 Å². The highest BCUT2D eigenvalue weighted by Crippen LogP contribution is 2.38. The van der Waals surface area contributed by atoms with Crippen LogP contribution in [-0.2, 0) is 0 Å². The Kier molecular flexibility index (Phi) is 2.76. The molecule has 1 nitrogen and oxygen atoms in total. The molecule has 0 aromatic carbocycles. The second-order valence-corrected chi connectivity index (χ2v) is 3.62. The molecule has 0 unspecified atom stereocenters. The highest BCUT2D eigenvalue weighted by atomic mass is 35.5. The van der Waals surface area contributed by atoms with Crippen molar-refractivity contribution >= 4 is 12.4 Å². The molecule has 0 amide bonds. The number of hydrogen-bond donors (Lipinski definition) is 1. The molecule has 0 aromatic rings. The third kappa shape index (κ3) is 1.52. The zero-order valence-electron chi connectivity index (χ0n) is 6.61. The summed E-state index contributed by atoms with van der Waals surface area (Å²) in [6.45, 7) is 1.22. The topological polar surface area (TPSA) is 12.0 Å². The van der Waals surface area contributed by atoms with E-state index >= 15 is 0 Å². The molecule has 1 N–H and O–H groups in total. The molecule has 1 aliphatic heterocycles. The summed E-state index contributed by atoms with van der Waals surface area (Å²) in [6, 6.07) is 0. The maximum Gasteiger partial charge on any atom is 0.138 e. The summed E-state index contributed by atoms with van der Waals surface area (Å²) in [6.07, 6.45) is 4.74. The van der Waals surface area contributed by atoms with Gasteiger partial charge in [-0.05, 0) is 18.8 Å². The first-order valence-electron chi connectivity index (χ1n) is 4.21. The molecule has 1 aliphatic carbocycles. The Morgan fingerprint density at radius 3 is 2.09 bits per heavy atom. The summed E-state index contributed by atoms with van der Waals surface area (Å²) < 4.78 is 13.5. The number of alkyl halides is 1. The molecule has 3 heteroatoms. The van der Waals surface area contributed by atoms with Gasteiger partial charge in [0.25, 0.3) is 0 Å². The predicted octanol–water partition coefficient (Wildman–Crippen LogP) is 1.91. The molecule has 0 spiro atoms. The Balaban J connectivity index is 0.000000605. The van der Waals surface area contributed by atoms with Gasteiger partial charge >= 0.3 is 0 Å². The molecule has 1 heterocycles. The van der Waals surface area contributed by atoms with Crippen LogP contribution in [0.3, 0.4) is 0 Å². The van der Waals surface area contributed by atoms with E-state index in [2.05, 4.69) is 5.32 Å². The average molecular weight is 180 g/mol. The Hall–Kier alpha value is 0.180. The first-order valence-corrected chi connectivity index (χ1v) is 4.21. The highest BCUT2D eigenvalue weighted by Gasteiger charge is 2.45. The summed E-state index contributed by atoms with van der Waals surface area (Å²) in [5, 5.41) is 3.00. The maximum absolute atomic E-state index is 13.5. The van der Waals surface area contributed by atoms with E-state index in [9.17, 15) is 4.39 Å².